The number of aromatic nitrogens is 3. The molecule has 0 aliphatic heterocycles. The van der Waals surface area contributed by atoms with Gasteiger partial charge < -0.3 is 14.6 Å². The number of carbonyl (C=O) groups is 2. The standard InChI is InChI=1S/C23H23ClN4O3S2/c1-3-11-28-18(12-14-7-9-15(24)10-8-14)26-27-23(28)32-13-19(29)25-21-20(22(30)31-2)16-5-4-6-17(16)33-21/h3,7-10H,1,4-6,11-13H2,2H3,(H,25,29). The van der Waals surface area contributed by atoms with Gasteiger partial charge in [-0.1, -0.05) is 41.6 Å². The van der Waals surface area contributed by atoms with Crippen LogP contribution in [0.25, 0.3) is 0 Å². The summed E-state index contributed by atoms with van der Waals surface area (Å²) in [7, 11) is 1.36. The molecule has 0 unspecified atom stereocenters. The molecule has 10 heteroatoms. The van der Waals surface area contributed by atoms with Crippen molar-refractivity contribution in [2.24, 2.45) is 0 Å². The summed E-state index contributed by atoms with van der Waals surface area (Å²) < 4.78 is 6.89. The topological polar surface area (TPSA) is 86.1 Å². The number of ether oxygens (including phenoxy) is 1. The lowest BCUT2D eigenvalue weighted by molar-refractivity contribution is -0.113. The molecule has 1 N–H and O–H groups in total. The highest BCUT2D eigenvalue weighted by Crippen LogP contribution is 2.39. The molecular formula is C23H23ClN4O3S2. The number of methoxy groups -OCH3 is 1. The Morgan fingerprint density at radius 1 is 1.30 bits per heavy atom. The summed E-state index contributed by atoms with van der Waals surface area (Å²) >= 11 is 8.73. The van der Waals surface area contributed by atoms with Gasteiger partial charge in [-0.2, -0.15) is 0 Å². The van der Waals surface area contributed by atoms with Gasteiger partial charge in [-0.05, 0) is 42.5 Å². The van der Waals surface area contributed by atoms with Crippen LogP contribution in [0.2, 0.25) is 5.02 Å². The number of nitrogens with one attached hydrogen (secondary N) is 1. The average molecular weight is 503 g/mol. The molecular weight excluding hydrogens is 480 g/mol. The van der Waals surface area contributed by atoms with E-state index in [2.05, 4.69) is 22.1 Å². The Bertz CT molecular complexity index is 1190. The van der Waals surface area contributed by atoms with Crippen LogP contribution in [0.1, 0.15) is 38.6 Å². The molecule has 172 valence electrons. The summed E-state index contributed by atoms with van der Waals surface area (Å²) in [4.78, 5) is 26.1. The van der Waals surface area contributed by atoms with Gasteiger partial charge in [-0.15, -0.1) is 28.1 Å². The highest BCUT2D eigenvalue weighted by Gasteiger charge is 2.28. The summed E-state index contributed by atoms with van der Waals surface area (Å²) in [6.07, 6.45) is 5.15. The van der Waals surface area contributed by atoms with E-state index in [4.69, 9.17) is 16.3 Å². The molecule has 33 heavy (non-hydrogen) atoms. The number of benzene rings is 1. The Labute approximate surface area is 205 Å². The van der Waals surface area contributed by atoms with Gasteiger partial charge in [0.25, 0.3) is 0 Å². The lowest BCUT2D eigenvalue weighted by atomic mass is 10.1. The first kappa shape index (κ1) is 23.5. The van der Waals surface area contributed by atoms with E-state index in [0.717, 1.165) is 41.1 Å². The Morgan fingerprint density at radius 2 is 2.09 bits per heavy atom. The number of allylic oxidation sites excluding steroid dienone is 1. The second kappa shape index (κ2) is 10.5. The van der Waals surface area contributed by atoms with Crippen LogP contribution in [0.5, 0.6) is 0 Å². The number of carbonyl (C=O) groups excluding carboxylic acids is 2. The van der Waals surface area contributed by atoms with E-state index >= 15 is 0 Å². The van der Waals surface area contributed by atoms with Gasteiger partial charge in [-0.3, -0.25) is 4.79 Å². The molecule has 2 aromatic heterocycles. The van der Waals surface area contributed by atoms with Crippen molar-refractivity contribution in [1.82, 2.24) is 14.8 Å². The first-order valence-corrected chi connectivity index (χ1v) is 12.6. The number of anilines is 1. The highest BCUT2D eigenvalue weighted by molar-refractivity contribution is 7.99. The summed E-state index contributed by atoms with van der Waals surface area (Å²) in [6.45, 7) is 4.35. The number of rotatable bonds is 9. The Hall–Kier alpha value is -2.62. The minimum atomic E-state index is -0.407. The molecule has 0 saturated heterocycles. The highest BCUT2D eigenvalue weighted by atomic mass is 35.5. The predicted octanol–water partition coefficient (Wildman–Crippen LogP) is 4.78. The van der Waals surface area contributed by atoms with Crippen molar-refractivity contribution in [3.8, 4) is 0 Å². The minimum absolute atomic E-state index is 0.138. The first-order valence-electron chi connectivity index (χ1n) is 10.4. The quantitative estimate of drug-likeness (QED) is 0.257. The van der Waals surface area contributed by atoms with E-state index in [1.54, 1.807) is 6.08 Å². The summed E-state index contributed by atoms with van der Waals surface area (Å²) in [6, 6.07) is 7.59. The normalized spacial score (nSPS) is 12.4. The maximum atomic E-state index is 12.7. The Balaban J connectivity index is 1.44. The van der Waals surface area contributed by atoms with Crippen LogP contribution in [0.4, 0.5) is 5.00 Å². The number of amides is 1. The van der Waals surface area contributed by atoms with E-state index in [1.165, 1.54) is 30.2 Å². The fourth-order valence-electron chi connectivity index (χ4n) is 3.76. The van der Waals surface area contributed by atoms with Gasteiger partial charge in [0.2, 0.25) is 5.91 Å². The fourth-order valence-corrected chi connectivity index (χ4v) is 5.94. The largest absolute Gasteiger partial charge is 0.465 e. The smallest absolute Gasteiger partial charge is 0.341 e. The molecule has 0 saturated carbocycles. The zero-order chi connectivity index (χ0) is 23.4. The Morgan fingerprint density at radius 3 is 2.82 bits per heavy atom. The molecule has 1 amide bonds. The molecule has 0 atom stereocenters. The third-order valence-corrected chi connectivity index (χ3v) is 7.70. The van der Waals surface area contributed by atoms with Crippen molar-refractivity contribution in [2.45, 2.75) is 37.4 Å². The lowest BCUT2D eigenvalue weighted by Crippen LogP contribution is -2.16. The second-order valence-electron chi connectivity index (χ2n) is 7.49. The molecule has 1 aliphatic carbocycles. The third-order valence-electron chi connectivity index (χ3n) is 5.28. The molecule has 0 radical (unpaired) electrons. The van der Waals surface area contributed by atoms with E-state index in [9.17, 15) is 9.59 Å². The number of halogens is 1. The number of thioether (sulfide) groups is 1. The van der Waals surface area contributed by atoms with E-state index in [0.29, 0.717) is 33.7 Å². The minimum Gasteiger partial charge on any atom is -0.465 e. The van der Waals surface area contributed by atoms with E-state index in [-0.39, 0.29) is 11.7 Å². The van der Waals surface area contributed by atoms with Gasteiger partial charge in [0.15, 0.2) is 5.16 Å². The number of esters is 1. The molecule has 0 spiro atoms. The molecule has 1 aliphatic rings. The van der Waals surface area contributed by atoms with Crippen molar-refractivity contribution < 1.29 is 14.3 Å². The van der Waals surface area contributed by atoms with Crippen LogP contribution in [0.3, 0.4) is 0 Å². The van der Waals surface area contributed by atoms with E-state index < -0.39 is 5.97 Å². The number of nitrogens with zero attached hydrogens (tertiary/aromatic N) is 3. The van der Waals surface area contributed by atoms with Crippen LogP contribution in [0.15, 0.2) is 42.1 Å². The average Bonchev–Trinajstić information content (AvgIpc) is 3.49. The molecule has 4 rings (SSSR count). The van der Waals surface area contributed by atoms with Crippen LogP contribution in [0, 0.1) is 0 Å². The van der Waals surface area contributed by atoms with Crippen molar-refractivity contribution in [2.75, 3.05) is 18.2 Å². The van der Waals surface area contributed by atoms with Gasteiger partial charge in [0.1, 0.15) is 10.8 Å². The maximum absolute atomic E-state index is 12.7. The predicted molar refractivity (Wildman–Crippen MR) is 132 cm³/mol. The van der Waals surface area contributed by atoms with Crippen LogP contribution in [-0.2, 0) is 35.3 Å². The molecule has 1 aromatic carbocycles. The monoisotopic (exact) mass is 502 g/mol. The second-order valence-corrected chi connectivity index (χ2v) is 9.98. The number of aryl methyl sites for hydroxylation is 1. The third kappa shape index (κ3) is 5.31. The van der Waals surface area contributed by atoms with Gasteiger partial charge >= 0.3 is 5.97 Å². The zero-order valence-corrected chi connectivity index (χ0v) is 20.5. The number of thiophene rings is 1. The van der Waals surface area contributed by atoms with E-state index in [1.807, 2.05) is 28.8 Å². The summed E-state index contributed by atoms with van der Waals surface area (Å²) in [5.74, 6) is 0.301. The van der Waals surface area contributed by atoms with Gasteiger partial charge in [0, 0.05) is 22.9 Å². The molecule has 2 heterocycles. The fraction of sp³-hybridized carbons (Fsp3) is 0.304. The number of fused-ring (bicyclic) bond motifs is 1. The summed E-state index contributed by atoms with van der Waals surface area (Å²) in [5, 5.41) is 13.4. The van der Waals surface area contributed by atoms with Gasteiger partial charge in [0.05, 0.1) is 18.4 Å². The molecule has 7 nitrogen and oxygen atoms in total. The van der Waals surface area contributed by atoms with Gasteiger partial charge in [-0.25, -0.2) is 4.79 Å². The maximum Gasteiger partial charge on any atom is 0.341 e. The zero-order valence-electron chi connectivity index (χ0n) is 18.1. The molecule has 0 bridgehead atoms. The van der Waals surface area contributed by atoms with Crippen LogP contribution >= 0.6 is 34.7 Å². The van der Waals surface area contributed by atoms with Crippen LogP contribution < -0.4 is 5.32 Å². The van der Waals surface area contributed by atoms with Crippen molar-refractivity contribution in [1.29, 1.82) is 0 Å². The SMILES string of the molecule is C=CCn1c(Cc2ccc(Cl)cc2)nnc1SCC(=O)Nc1sc2c(c1C(=O)OC)CCC2. The Kier molecular flexibility index (Phi) is 7.52. The van der Waals surface area contributed by atoms with Crippen LogP contribution in [-0.4, -0.2) is 39.5 Å². The van der Waals surface area contributed by atoms with Crippen molar-refractivity contribution >= 4 is 51.6 Å². The molecule has 3 aromatic rings. The first-order chi connectivity index (χ1) is 16.0. The molecule has 0 fully saturated rings. The number of hydrogen-bond donors (Lipinski definition) is 1. The summed E-state index contributed by atoms with van der Waals surface area (Å²) in [5.41, 5.74) is 2.56. The lowest BCUT2D eigenvalue weighted by Gasteiger charge is -2.09. The van der Waals surface area contributed by atoms with Crippen molar-refractivity contribution in [3.63, 3.8) is 0 Å². The number of hydrogen-bond acceptors (Lipinski definition) is 7. The van der Waals surface area contributed by atoms with Crippen molar-refractivity contribution in [3.05, 3.63) is 69.3 Å².